The summed E-state index contributed by atoms with van der Waals surface area (Å²) in [5, 5.41) is 4.44. The molecule has 1 unspecified atom stereocenters. The van der Waals surface area contributed by atoms with Crippen molar-refractivity contribution in [1.29, 1.82) is 0 Å². The van der Waals surface area contributed by atoms with Crippen LogP contribution in [0.5, 0.6) is 0 Å². The Kier molecular flexibility index (Phi) is 3.69. The van der Waals surface area contributed by atoms with E-state index in [4.69, 9.17) is 4.74 Å². The zero-order chi connectivity index (χ0) is 14.2. The van der Waals surface area contributed by atoms with E-state index in [0.29, 0.717) is 6.04 Å². The second kappa shape index (κ2) is 5.34. The molecule has 4 nitrogen and oxygen atoms in total. The standard InChI is InChI=1S/C16H25N3O/c1-4-5-13(2)19-9-7-16(8-10-19)14-12-17-18(3)15(14)6-11-20-16/h4-5,12-13H,6-11H2,1-3H3/b5-4+. The summed E-state index contributed by atoms with van der Waals surface area (Å²) in [6.45, 7) is 7.39. The molecule has 1 atom stereocenters. The zero-order valence-corrected chi connectivity index (χ0v) is 12.8. The highest BCUT2D eigenvalue weighted by atomic mass is 16.5. The third kappa shape index (κ3) is 2.21. The molecule has 0 radical (unpaired) electrons. The van der Waals surface area contributed by atoms with E-state index >= 15 is 0 Å². The first kappa shape index (κ1) is 13.8. The molecule has 1 fully saturated rings. The number of hydrogen-bond donors (Lipinski definition) is 0. The SMILES string of the molecule is C/C=C/C(C)N1CCC2(CC1)OCCc1c2cnn1C. The van der Waals surface area contributed by atoms with E-state index in [2.05, 4.69) is 36.0 Å². The Balaban J connectivity index is 1.77. The summed E-state index contributed by atoms with van der Waals surface area (Å²) in [5.74, 6) is 0. The van der Waals surface area contributed by atoms with Crippen molar-refractivity contribution in [1.82, 2.24) is 14.7 Å². The summed E-state index contributed by atoms with van der Waals surface area (Å²) in [5.41, 5.74) is 2.63. The van der Waals surface area contributed by atoms with Gasteiger partial charge in [0.05, 0.1) is 18.4 Å². The van der Waals surface area contributed by atoms with Gasteiger partial charge in [0.15, 0.2) is 0 Å². The molecule has 2 aliphatic rings. The van der Waals surface area contributed by atoms with Crippen molar-refractivity contribution in [3.05, 3.63) is 29.6 Å². The van der Waals surface area contributed by atoms with Crippen molar-refractivity contribution in [2.45, 2.75) is 44.8 Å². The predicted molar refractivity (Wildman–Crippen MR) is 79.6 cm³/mol. The summed E-state index contributed by atoms with van der Waals surface area (Å²) in [4.78, 5) is 2.54. The average molecular weight is 275 g/mol. The van der Waals surface area contributed by atoms with E-state index in [0.717, 1.165) is 39.0 Å². The molecule has 0 N–H and O–H groups in total. The van der Waals surface area contributed by atoms with E-state index in [1.807, 2.05) is 17.9 Å². The fraction of sp³-hybridized carbons (Fsp3) is 0.688. The Hall–Kier alpha value is -1.13. The molecule has 1 aromatic heterocycles. The Labute approximate surface area is 121 Å². The molecule has 4 heteroatoms. The van der Waals surface area contributed by atoms with Crippen LogP contribution in [0.2, 0.25) is 0 Å². The molecule has 110 valence electrons. The van der Waals surface area contributed by atoms with Crippen LogP contribution in [0.1, 0.15) is 37.9 Å². The summed E-state index contributed by atoms with van der Waals surface area (Å²) in [7, 11) is 2.04. The molecule has 1 saturated heterocycles. The molecular formula is C16H25N3O. The van der Waals surface area contributed by atoms with Gasteiger partial charge in [0, 0.05) is 43.9 Å². The number of ether oxygens (including phenoxy) is 1. The van der Waals surface area contributed by atoms with Crippen molar-refractivity contribution in [3.63, 3.8) is 0 Å². The van der Waals surface area contributed by atoms with Crippen molar-refractivity contribution in [2.24, 2.45) is 7.05 Å². The molecule has 1 spiro atoms. The number of aromatic nitrogens is 2. The second-order valence-corrected chi connectivity index (χ2v) is 6.02. The van der Waals surface area contributed by atoms with Gasteiger partial charge in [0.2, 0.25) is 0 Å². The lowest BCUT2D eigenvalue weighted by Gasteiger charge is -2.45. The fourth-order valence-corrected chi connectivity index (χ4v) is 3.67. The van der Waals surface area contributed by atoms with Gasteiger partial charge >= 0.3 is 0 Å². The highest BCUT2D eigenvalue weighted by Gasteiger charge is 2.42. The van der Waals surface area contributed by atoms with E-state index in [1.165, 1.54) is 11.3 Å². The maximum atomic E-state index is 6.24. The van der Waals surface area contributed by atoms with Gasteiger partial charge in [0.25, 0.3) is 0 Å². The third-order valence-electron chi connectivity index (χ3n) is 4.92. The number of rotatable bonds is 2. The fourth-order valence-electron chi connectivity index (χ4n) is 3.67. The topological polar surface area (TPSA) is 30.3 Å². The number of aryl methyl sites for hydroxylation is 1. The second-order valence-electron chi connectivity index (χ2n) is 6.02. The van der Waals surface area contributed by atoms with Crippen LogP contribution in [0.3, 0.4) is 0 Å². The lowest BCUT2D eigenvalue weighted by atomic mass is 9.82. The van der Waals surface area contributed by atoms with Crippen LogP contribution in [0.4, 0.5) is 0 Å². The first-order chi connectivity index (χ1) is 9.66. The number of nitrogens with zero attached hydrogens (tertiary/aromatic N) is 3. The molecule has 3 rings (SSSR count). The van der Waals surface area contributed by atoms with Crippen LogP contribution in [-0.4, -0.2) is 40.4 Å². The van der Waals surface area contributed by atoms with Gasteiger partial charge < -0.3 is 4.74 Å². The van der Waals surface area contributed by atoms with Gasteiger partial charge in [-0.2, -0.15) is 5.10 Å². The molecule has 2 aliphatic heterocycles. The largest absolute Gasteiger partial charge is 0.370 e. The van der Waals surface area contributed by atoms with Gasteiger partial charge in [-0.05, 0) is 26.7 Å². The molecule has 0 saturated carbocycles. The Morgan fingerprint density at radius 3 is 2.85 bits per heavy atom. The van der Waals surface area contributed by atoms with Crippen molar-refractivity contribution >= 4 is 0 Å². The van der Waals surface area contributed by atoms with Crippen molar-refractivity contribution in [2.75, 3.05) is 19.7 Å². The minimum atomic E-state index is -0.0754. The molecule has 0 aromatic carbocycles. The number of allylic oxidation sites excluding steroid dienone is 1. The highest BCUT2D eigenvalue weighted by molar-refractivity contribution is 5.28. The van der Waals surface area contributed by atoms with Crippen LogP contribution in [0, 0.1) is 0 Å². The minimum Gasteiger partial charge on any atom is -0.370 e. The third-order valence-corrected chi connectivity index (χ3v) is 4.92. The maximum Gasteiger partial charge on any atom is 0.0988 e. The minimum absolute atomic E-state index is 0.0754. The van der Waals surface area contributed by atoms with Crippen molar-refractivity contribution < 1.29 is 4.74 Å². The summed E-state index contributed by atoms with van der Waals surface area (Å²) in [6.07, 6.45) is 9.59. The average Bonchev–Trinajstić information content (AvgIpc) is 2.83. The highest BCUT2D eigenvalue weighted by Crippen LogP contribution is 2.41. The lowest BCUT2D eigenvalue weighted by Crippen LogP contribution is -2.48. The zero-order valence-electron chi connectivity index (χ0n) is 12.8. The Morgan fingerprint density at radius 2 is 2.15 bits per heavy atom. The van der Waals surface area contributed by atoms with Crippen LogP contribution < -0.4 is 0 Å². The first-order valence-corrected chi connectivity index (χ1v) is 7.68. The smallest absolute Gasteiger partial charge is 0.0988 e. The number of piperidine rings is 1. The predicted octanol–water partition coefficient (Wildman–Crippen LogP) is 2.25. The summed E-state index contributed by atoms with van der Waals surface area (Å²) >= 11 is 0. The molecule has 0 aliphatic carbocycles. The van der Waals surface area contributed by atoms with E-state index in [1.54, 1.807) is 0 Å². The van der Waals surface area contributed by atoms with E-state index in [-0.39, 0.29) is 5.60 Å². The molecule has 0 amide bonds. The monoisotopic (exact) mass is 275 g/mol. The Morgan fingerprint density at radius 1 is 1.40 bits per heavy atom. The van der Waals surface area contributed by atoms with Crippen LogP contribution in [0.15, 0.2) is 18.3 Å². The molecule has 0 bridgehead atoms. The molecule has 3 heterocycles. The van der Waals surface area contributed by atoms with Crippen LogP contribution >= 0.6 is 0 Å². The van der Waals surface area contributed by atoms with Gasteiger partial charge in [0.1, 0.15) is 0 Å². The summed E-state index contributed by atoms with van der Waals surface area (Å²) < 4.78 is 8.26. The molecule has 20 heavy (non-hydrogen) atoms. The van der Waals surface area contributed by atoms with Crippen molar-refractivity contribution in [3.8, 4) is 0 Å². The van der Waals surface area contributed by atoms with Gasteiger partial charge in [-0.25, -0.2) is 0 Å². The van der Waals surface area contributed by atoms with Gasteiger partial charge in [-0.3, -0.25) is 9.58 Å². The van der Waals surface area contributed by atoms with E-state index in [9.17, 15) is 0 Å². The lowest BCUT2D eigenvalue weighted by molar-refractivity contribution is -0.101. The van der Waals surface area contributed by atoms with Gasteiger partial charge in [-0.15, -0.1) is 0 Å². The van der Waals surface area contributed by atoms with Crippen LogP contribution in [-0.2, 0) is 23.8 Å². The molecule has 1 aromatic rings. The maximum absolute atomic E-state index is 6.24. The van der Waals surface area contributed by atoms with Gasteiger partial charge in [-0.1, -0.05) is 12.2 Å². The number of likely N-dealkylation sites (tertiary alicyclic amines) is 1. The van der Waals surface area contributed by atoms with E-state index < -0.39 is 0 Å². The molecular weight excluding hydrogens is 250 g/mol. The van der Waals surface area contributed by atoms with Crippen LogP contribution in [0.25, 0.3) is 0 Å². The number of hydrogen-bond acceptors (Lipinski definition) is 3. The number of fused-ring (bicyclic) bond motifs is 2. The Bertz CT molecular complexity index is 498. The first-order valence-electron chi connectivity index (χ1n) is 7.68. The quantitative estimate of drug-likeness (QED) is 0.776. The summed E-state index contributed by atoms with van der Waals surface area (Å²) in [6, 6.07) is 0.523. The normalized spacial score (nSPS) is 24.1.